The number of benzene rings is 1. The van der Waals surface area contributed by atoms with Crippen LogP contribution in [0.25, 0.3) is 10.6 Å². The minimum absolute atomic E-state index is 0.236. The van der Waals surface area contributed by atoms with Crippen molar-refractivity contribution in [3.8, 4) is 16.7 Å². The van der Waals surface area contributed by atoms with Crippen molar-refractivity contribution in [1.29, 1.82) is 5.26 Å². The van der Waals surface area contributed by atoms with Crippen LogP contribution < -0.4 is 5.32 Å². The van der Waals surface area contributed by atoms with Gasteiger partial charge in [-0.15, -0.1) is 11.3 Å². The van der Waals surface area contributed by atoms with E-state index in [2.05, 4.69) is 16.5 Å². The summed E-state index contributed by atoms with van der Waals surface area (Å²) in [6.45, 7) is 0.329. The van der Waals surface area contributed by atoms with Crippen molar-refractivity contribution in [2.75, 3.05) is 0 Å². The molecule has 1 aromatic carbocycles. The number of nitrogens with zero attached hydrogens (tertiary/aromatic N) is 2. The van der Waals surface area contributed by atoms with Gasteiger partial charge in [-0.2, -0.15) is 5.26 Å². The first-order valence-corrected chi connectivity index (χ1v) is 7.42. The number of aromatic nitrogens is 1. The molecule has 3 aromatic rings. The smallest absolute Gasteiger partial charge is 0.273 e. The van der Waals surface area contributed by atoms with Crippen LogP contribution in [0.1, 0.15) is 21.6 Å². The molecule has 3 rings (SSSR count). The van der Waals surface area contributed by atoms with Crippen LogP contribution in [0, 0.1) is 11.3 Å². The minimum atomic E-state index is -0.311. The number of amides is 1. The fourth-order valence-corrected chi connectivity index (χ4v) is 2.61. The Kier molecular flexibility index (Phi) is 3.99. The SMILES string of the molecule is N#Cc1cccc(CNC(=O)c2cc(-c3cccs3)on2)c1. The Balaban J connectivity index is 1.66. The fourth-order valence-electron chi connectivity index (χ4n) is 1.94. The second kappa shape index (κ2) is 6.24. The second-order valence-electron chi connectivity index (χ2n) is 4.55. The third-order valence-electron chi connectivity index (χ3n) is 3.02. The zero-order chi connectivity index (χ0) is 15.4. The lowest BCUT2D eigenvalue weighted by Crippen LogP contribution is -2.23. The largest absolute Gasteiger partial charge is 0.355 e. The average Bonchev–Trinajstić information content (AvgIpc) is 3.23. The maximum Gasteiger partial charge on any atom is 0.273 e. The van der Waals surface area contributed by atoms with E-state index in [1.54, 1.807) is 24.3 Å². The average molecular weight is 309 g/mol. The monoisotopic (exact) mass is 309 g/mol. The van der Waals surface area contributed by atoms with Gasteiger partial charge in [-0.3, -0.25) is 4.79 Å². The molecule has 1 N–H and O–H groups in total. The normalized spacial score (nSPS) is 10.1. The first-order valence-electron chi connectivity index (χ1n) is 6.54. The molecule has 0 bridgehead atoms. The molecule has 108 valence electrons. The number of nitrogens with one attached hydrogen (secondary N) is 1. The van der Waals surface area contributed by atoms with Gasteiger partial charge in [0.25, 0.3) is 5.91 Å². The Morgan fingerprint density at radius 2 is 2.23 bits per heavy atom. The summed E-state index contributed by atoms with van der Waals surface area (Å²) in [4.78, 5) is 13.0. The Labute approximate surface area is 130 Å². The van der Waals surface area contributed by atoms with E-state index in [4.69, 9.17) is 9.78 Å². The molecule has 0 saturated carbocycles. The predicted octanol–water partition coefficient (Wildman–Crippen LogP) is 3.20. The van der Waals surface area contributed by atoms with E-state index < -0.39 is 0 Å². The van der Waals surface area contributed by atoms with Gasteiger partial charge in [-0.1, -0.05) is 23.4 Å². The van der Waals surface area contributed by atoms with E-state index in [1.807, 2.05) is 23.6 Å². The molecular formula is C16H11N3O2S. The molecule has 0 aliphatic carbocycles. The van der Waals surface area contributed by atoms with E-state index in [9.17, 15) is 4.79 Å². The summed E-state index contributed by atoms with van der Waals surface area (Å²) in [6.07, 6.45) is 0. The van der Waals surface area contributed by atoms with Crippen LogP contribution in [0.2, 0.25) is 0 Å². The number of hydrogen-bond acceptors (Lipinski definition) is 5. The molecule has 1 amide bonds. The Bertz CT molecular complexity index is 831. The number of nitriles is 1. The third-order valence-corrected chi connectivity index (χ3v) is 3.90. The zero-order valence-electron chi connectivity index (χ0n) is 11.4. The number of rotatable bonds is 4. The predicted molar refractivity (Wildman–Crippen MR) is 82.1 cm³/mol. The van der Waals surface area contributed by atoms with Crippen molar-refractivity contribution >= 4 is 17.2 Å². The van der Waals surface area contributed by atoms with Gasteiger partial charge < -0.3 is 9.84 Å². The second-order valence-corrected chi connectivity index (χ2v) is 5.50. The molecule has 0 saturated heterocycles. The van der Waals surface area contributed by atoms with Gasteiger partial charge in [0, 0.05) is 12.6 Å². The topological polar surface area (TPSA) is 78.9 Å². The van der Waals surface area contributed by atoms with Gasteiger partial charge >= 0.3 is 0 Å². The highest BCUT2D eigenvalue weighted by Crippen LogP contribution is 2.25. The van der Waals surface area contributed by atoms with Crippen molar-refractivity contribution in [3.05, 3.63) is 64.7 Å². The summed E-state index contributed by atoms with van der Waals surface area (Å²) >= 11 is 1.52. The molecule has 0 atom stereocenters. The molecule has 0 aliphatic heterocycles. The van der Waals surface area contributed by atoms with Gasteiger partial charge in [0.15, 0.2) is 11.5 Å². The van der Waals surface area contributed by atoms with E-state index in [0.29, 0.717) is 17.9 Å². The summed E-state index contributed by atoms with van der Waals surface area (Å²) in [5.74, 6) is 0.264. The first-order chi connectivity index (χ1) is 10.8. The number of hydrogen-bond donors (Lipinski definition) is 1. The quantitative estimate of drug-likeness (QED) is 0.802. The van der Waals surface area contributed by atoms with Crippen molar-refractivity contribution < 1.29 is 9.32 Å². The minimum Gasteiger partial charge on any atom is -0.355 e. The summed E-state index contributed by atoms with van der Waals surface area (Å²) < 4.78 is 5.18. The van der Waals surface area contributed by atoms with E-state index in [-0.39, 0.29) is 11.6 Å². The van der Waals surface area contributed by atoms with Crippen LogP contribution in [-0.2, 0) is 6.54 Å². The highest BCUT2D eigenvalue weighted by Gasteiger charge is 2.13. The van der Waals surface area contributed by atoms with Crippen molar-refractivity contribution in [2.45, 2.75) is 6.54 Å². The lowest BCUT2D eigenvalue weighted by atomic mass is 10.1. The van der Waals surface area contributed by atoms with E-state index in [0.717, 1.165) is 10.4 Å². The maximum atomic E-state index is 12.1. The third kappa shape index (κ3) is 3.05. The fraction of sp³-hybridized carbons (Fsp3) is 0.0625. The molecule has 0 spiro atoms. The van der Waals surface area contributed by atoms with Gasteiger partial charge in [0.1, 0.15) is 0 Å². The van der Waals surface area contributed by atoms with Crippen LogP contribution in [0.3, 0.4) is 0 Å². The summed E-state index contributed by atoms with van der Waals surface area (Å²) in [6, 6.07) is 14.6. The van der Waals surface area contributed by atoms with Crippen molar-refractivity contribution in [2.24, 2.45) is 0 Å². The van der Waals surface area contributed by atoms with Gasteiger partial charge in [-0.05, 0) is 29.1 Å². The molecule has 0 aliphatic rings. The van der Waals surface area contributed by atoms with Crippen LogP contribution >= 0.6 is 11.3 Å². The number of thiophene rings is 1. The van der Waals surface area contributed by atoms with Gasteiger partial charge in [0.05, 0.1) is 16.5 Å². The van der Waals surface area contributed by atoms with Crippen molar-refractivity contribution in [3.63, 3.8) is 0 Å². The Morgan fingerprint density at radius 3 is 3.00 bits per heavy atom. The maximum absolute atomic E-state index is 12.1. The highest BCUT2D eigenvalue weighted by molar-refractivity contribution is 7.13. The lowest BCUT2D eigenvalue weighted by Gasteiger charge is -2.03. The van der Waals surface area contributed by atoms with Crippen LogP contribution in [0.15, 0.2) is 52.4 Å². The first kappa shape index (κ1) is 14.0. The molecule has 0 radical (unpaired) electrons. The molecule has 6 heteroatoms. The molecule has 22 heavy (non-hydrogen) atoms. The molecule has 2 heterocycles. The summed E-state index contributed by atoms with van der Waals surface area (Å²) in [7, 11) is 0. The van der Waals surface area contributed by atoms with Gasteiger partial charge in [-0.25, -0.2) is 0 Å². The van der Waals surface area contributed by atoms with Gasteiger partial charge in [0.2, 0.25) is 0 Å². The molecule has 0 fully saturated rings. The lowest BCUT2D eigenvalue weighted by molar-refractivity contribution is 0.0942. The van der Waals surface area contributed by atoms with Crippen LogP contribution in [0.4, 0.5) is 0 Å². The molecular weight excluding hydrogens is 298 g/mol. The molecule has 2 aromatic heterocycles. The summed E-state index contributed by atoms with van der Waals surface area (Å²) in [5.41, 5.74) is 1.65. The van der Waals surface area contributed by atoms with Crippen molar-refractivity contribution in [1.82, 2.24) is 10.5 Å². The highest BCUT2D eigenvalue weighted by atomic mass is 32.1. The zero-order valence-corrected chi connectivity index (χ0v) is 12.3. The van der Waals surface area contributed by atoms with Crippen LogP contribution in [0.5, 0.6) is 0 Å². The van der Waals surface area contributed by atoms with Crippen LogP contribution in [-0.4, -0.2) is 11.1 Å². The standard InChI is InChI=1S/C16H11N3O2S/c17-9-11-3-1-4-12(7-11)10-18-16(20)13-8-14(21-19-13)15-5-2-6-22-15/h1-8H,10H2,(H,18,20). The molecule has 0 unspecified atom stereocenters. The summed E-state index contributed by atoms with van der Waals surface area (Å²) in [5, 5.41) is 17.3. The number of carbonyl (C=O) groups excluding carboxylic acids is 1. The molecule has 5 nitrogen and oxygen atoms in total. The Hall–Kier alpha value is -2.91. The Morgan fingerprint density at radius 1 is 1.32 bits per heavy atom. The van der Waals surface area contributed by atoms with E-state index in [1.165, 1.54) is 11.3 Å². The number of carbonyl (C=O) groups is 1. The van der Waals surface area contributed by atoms with E-state index >= 15 is 0 Å².